The molecule has 0 saturated carbocycles. The van der Waals surface area contributed by atoms with Gasteiger partial charge in [0.25, 0.3) is 0 Å². The van der Waals surface area contributed by atoms with E-state index in [4.69, 9.17) is 64.9 Å². The highest BCUT2D eigenvalue weighted by Crippen LogP contribution is 2.57. The average molecular weight is 1390 g/mol. The average Bonchev–Trinajstić information content (AvgIpc) is 1.48. The number of ether oxygens (including phenoxy) is 8. The molecule has 526 valence electrons. The minimum atomic E-state index is -5.62. The first kappa shape index (κ1) is 74.7. The Kier molecular flexibility index (Phi) is 24.6. The summed E-state index contributed by atoms with van der Waals surface area (Å²) in [6, 6.07) is 9.43. The van der Waals surface area contributed by atoms with Crippen LogP contribution >= 0.6 is 20.0 Å². The summed E-state index contributed by atoms with van der Waals surface area (Å²) in [5, 5.41) is 119. The van der Waals surface area contributed by atoms with Crippen LogP contribution in [0.2, 0.25) is 0 Å². The van der Waals surface area contributed by atoms with Crippen molar-refractivity contribution in [3.8, 4) is 23.0 Å². The van der Waals surface area contributed by atoms with Crippen molar-refractivity contribution in [2.45, 2.75) is 170 Å². The number of nitrogens with two attached hydrogens (primary N) is 1. The van der Waals surface area contributed by atoms with Crippen LogP contribution in [0.1, 0.15) is 94.3 Å². The van der Waals surface area contributed by atoms with Gasteiger partial charge in [0.2, 0.25) is 17.7 Å². The molecule has 34 heteroatoms. The van der Waals surface area contributed by atoms with E-state index in [9.17, 15) is 84.5 Å². The molecular weight excluding hydrogens is 1310 g/mol. The molecule has 1 unspecified atom stereocenters. The van der Waals surface area contributed by atoms with E-state index in [1.165, 1.54) is 53.6 Å². The second kappa shape index (κ2) is 31.6. The van der Waals surface area contributed by atoms with E-state index >= 15 is 0 Å². The Morgan fingerprint density at radius 2 is 1.34 bits per heavy atom. The lowest BCUT2D eigenvalue weighted by Crippen LogP contribution is -2.72. The number of hydrogen-bond donors (Lipinski definition) is 16. The van der Waals surface area contributed by atoms with Gasteiger partial charge < -0.3 is 121 Å². The van der Waals surface area contributed by atoms with Crippen LogP contribution in [0.25, 0.3) is 0 Å². The Balaban J connectivity index is 0.932. The van der Waals surface area contributed by atoms with Gasteiger partial charge in [-0.2, -0.15) is 0 Å². The molecule has 17 N–H and O–H groups in total. The van der Waals surface area contributed by atoms with E-state index in [0.717, 1.165) is 32.3 Å². The van der Waals surface area contributed by atoms with Gasteiger partial charge in [0.15, 0.2) is 41.8 Å². The van der Waals surface area contributed by atoms with Gasteiger partial charge in [-0.15, -0.1) is 0 Å². The number of allylic oxidation sites excluding steroid dienone is 5. The maximum atomic E-state index is 13.7. The van der Waals surface area contributed by atoms with Crippen molar-refractivity contribution in [3.05, 3.63) is 112 Å². The molecule has 32 nitrogen and oxygen atoms in total. The Labute approximate surface area is 555 Å². The van der Waals surface area contributed by atoms with Crippen LogP contribution in [0.3, 0.4) is 0 Å². The number of nitrogens with one attached hydrogen (secondary N) is 4. The first-order chi connectivity index (χ1) is 45.3. The Morgan fingerprint density at radius 1 is 0.760 bits per heavy atom. The summed E-state index contributed by atoms with van der Waals surface area (Å²) in [7, 11) is -5.62. The first-order valence-corrected chi connectivity index (χ1v) is 32.2. The van der Waals surface area contributed by atoms with E-state index in [1.807, 2.05) is 27.7 Å². The molecule has 17 atom stereocenters. The zero-order valence-corrected chi connectivity index (χ0v) is 54.5. The quantitative estimate of drug-likeness (QED) is 0.0215. The number of fused-ring (bicyclic) bond motifs is 6. The molecule has 1 spiro atoms. The number of phenols is 2. The van der Waals surface area contributed by atoms with Crippen LogP contribution in [0.4, 0.5) is 5.69 Å². The van der Waals surface area contributed by atoms with Crippen LogP contribution in [0, 0.1) is 0 Å². The number of carbonyl (C=O) groups is 5. The maximum Gasteiger partial charge on any atom is 0.474 e. The Morgan fingerprint density at radius 3 is 1.94 bits per heavy atom. The van der Waals surface area contributed by atoms with Crippen LogP contribution in [0.5, 0.6) is 23.0 Å². The third-order valence-electron chi connectivity index (χ3n) is 16.4. The number of benzene rings is 3. The molecule has 5 heterocycles. The lowest BCUT2D eigenvalue weighted by molar-refractivity contribution is -0.366. The smallest absolute Gasteiger partial charge is 0.474 e. The monoisotopic (exact) mass is 1390 g/mol. The van der Waals surface area contributed by atoms with Crippen LogP contribution in [-0.4, -0.2) is 221 Å². The summed E-state index contributed by atoms with van der Waals surface area (Å²) in [4.78, 5) is 76.1. The SMILES string of the molecule is CC(=O)N[C@H]1[C@H](O[C@H]2[C@@H](OP(=O)(O)OC[C@H](OC/C=C(/C)CC/C=C(/C)CCC=C(C)C)C(=O)O)O[C@H](C(N)=O)[C@@](C)(O)[C@@H]2O)O[C@H](CO)[C@@H](O[C@@H]2O[C@H](CO)[C@@H](O)[C@H](O)[C@H]2NC(=O)CNC(=S)Nc2ccc3c(c2)C(=O)OC32c3ccc(O)cc3Oc3cc(O)ccc32)[C@@H]1O. The molecule has 3 saturated heterocycles. The molecule has 3 aromatic rings. The molecule has 0 bridgehead atoms. The van der Waals surface area contributed by atoms with E-state index in [-0.39, 0.29) is 46.0 Å². The highest BCUT2D eigenvalue weighted by molar-refractivity contribution is 7.80. The summed E-state index contributed by atoms with van der Waals surface area (Å²) in [5.41, 5.74) is 5.94. The van der Waals surface area contributed by atoms with E-state index in [2.05, 4.69) is 33.4 Å². The molecule has 5 aliphatic heterocycles. The molecule has 0 aromatic heterocycles. The largest absolute Gasteiger partial charge is 0.508 e. The van der Waals surface area contributed by atoms with Gasteiger partial charge in [-0.1, -0.05) is 41.0 Å². The highest BCUT2D eigenvalue weighted by Gasteiger charge is 2.60. The van der Waals surface area contributed by atoms with Crippen molar-refractivity contribution in [2.75, 3.05) is 38.3 Å². The number of phosphoric acid groups is 1. The van der Waals surface area contributed by atoms with Crippen molar-refractivity contribution in [3.63, 3.8) is 0 Å². The number of thiocarbonyl (C=S) groups is 1. The van der Waals surface area contributed by atoms with Gasteiger partial charge in [-0.05, 0) is 109 Å². The number of hydrogen-bond acceptors (Lipinski definition) is 26. The number of carboxylic acid groups (broad SMARTS) is 1. The van der Waals surface area contributed by atoms with Gasteiger partial charge in [-0.3, -0.25) is 23.4 Å². The van der Waals surface area contributed by atoms with E-state index < -0.39 is 167 Å². The number of esters is 1. The van der Waals surface area contributed by atoms with Crippen LogP contribution in [-0.2, 0) is 71.5 Å². The highest BCUT2D eigenvalue weighted by atomic mass is 32.1. The topological polar surface area (TPSA) is 491 Å². The van der Waals surface area contributed by atoms with Crippen molar-refractivity contribution >= 4 is 60.5 Å². The molecule has 0 radical (unpaired) electrons. The summed E-state index contributed by atoms with van der Waals surface area (Å²) >= 11 is 5.47. The van der Waals surface area contributed by atoms with Crippen molar-refractivity contribution in [2.24, 2.45) is 5.73 Å². The number of carboxylic acids is 1. The number of aliphatic carboxylic acids is 1. The predicted molar refractivity (Wildman–Crippen MR) is 335 cm³/mol. The number of phenolic OH excluding ortho intramolecular Hbond substituents is 2. The lowest BCUT2D eigenvalue weighted by atomic mass is 9.77. The molecule has 3 fully saturated rings. The van der Waals surface area contributed by atoms with Crippen molar-refractivity contribution in [1.29, 1.82) is 0 Å². The third kappa shape index (κ3) is 17.2. The number of rotatable bonds is 27. The number of aliphatic hydroxyl groups excluding tert-OH is 6. The minimum Gasteiger partial charge on any atom is -0.508 e. The van der Waals surface area contributed by atoms with Crippen molar-refractivity contribution in [1.82, 2.24) is 16.0 Å². The second-order valence-electron chi connectivity index (χ2n) is 24.0. The van der Waals surface area contributed by atoms with Gasteiger partial charge in [-0.25, -0.2) is 14.2 Å². The fraction of sp³-hybridized carbons (Fsp3) is 0.516. The summed E-state index contributed by atoms with van der Waals surface area (Å²) < 4.78 is 70.8. The standard InChI is InChI=1S/C62H80N5O27PS/c1-28(2)9-7-10-29(3)11-8-12-30(4)19-20-85-43(55(79)80)27-86-95(83,84)94-59-51(52(77)61(6,82)53(92-59)54(63)78)91-58-46(65-31(5)70)49(76)50(42(26-69)89-58)90-57-45(48(75)47(74)41(25-68)88-57)67-44(73)24-64-60(96)66-32-13-16-36-35(21-32)56(81)93-62(36)37-17-14-33(71)22-39(37)87-40-23-34(72)15-18-38(40)62/h9,11,13-19,21-23,41-43,45-53,57-59,68-69,71-72,74-77,82H,7-8,10,12,20,24-27H2,1-6H3,(H2,63,78)(H,65,70)(H,67,73)(H,79,80)(H,83,84)(H2,64,66,96)/b29-11-,30-19-/t41-,42-,43+,45-,46-,47-,48-,49-,50-,51-,52-,53-,57+,58+,59-,61+/m1/s1. The molecule has 0 aliphatic carbocycles. The fourth-order valence-corrected chi connectivity index (χ4v) is 12.5. The maximum absolute atomic E-state index is 13.7. The van der Waals surface area contributed by atoms with Gasteiger partial charge >= 0.3 is 19.8 Å². The minimum absolute atomic E-state index is 0.0930. The van der Waals surface area contributed by atoms with E-state index in [1.54, 1.807) is 18.2 Å². The molecule has 8 rings (SSSR count). The van der Waals surface area contributed by atoms with Gasteiger partial charge in [0, 0.05) is 41.4 Å². The fourth-order valence-electron chi connectivity index (χ4n) is 11.5. The molecule has 5 aliphatic rings. The number of carbonyl (C=O) groups excluding carboxylic acids is 4. The number of anilines is 1. The number of amides is 3. The number of phosphoric ester groups is 1. The molecule has 3 amide bonds. The van der Waals surface area contributed by atoms with Crippen molar-refractivity contribution < 1.29 is 131 Å². The number of aromatic hydroxyl groups is 2. The zero-order chi connectivity index (χ0) is 70.3. The predicted octanol–water partition coefficient (Wildman–Crippen LogP) is 0.574. The third-order valence-corrected chi connectivity index (χ3v) is 17.6. The van der Waals surface area contributed by atoms with E-state index in [0.29, 0.717) is 29.5 Å². The van der Waals surface area contributed by atoms with Crippen LogP contribution in [0.15, 0.2) is 89.5 Å². The van der Waals surface area contributed by atoms with Gasteiger partial charge in [0.05, 0.1) is 38.5 Å². The normalized spacial score (nSPS) is 29.2. The summed E-state index contributed by atoms with van der Waals surface area (Å²) in [6.45, 7) is 5.60. The molecule has 3 aromatic carbocycles. The second-order valence-corrected chi connectivity index (χ2v) is 25.8. The summed E-state index contributed by atoms with van der Waals surface area (Å²) in [6.07, 6.45) is -17.9. The van der Waals surface area contributed by atoms with Gasteiger partial charge in [0.1, 0.15) is 89.5 Å². The molecule has 96 heavy (non-hydrogen) atoms. The zero-order valence-electron chi connectivity index (χ0n) is 52.8. The first-order valence-electron chi connectivity index (χ1n) is 30.3. The van der Waals surface area contributed by atoms with Crippen LogP contribution < -0.4 is 31.7 Å². The number of aliphatic hydroxyl groups is 7. The Hall–Kier alpha value is -7.09. The Bertz CT molecular complexity index is 3460. The molecular formula is C62H80N5O27PS. The lowest BCUT2D eigenvalue weighted by Gasteiger charge is -2.51. The number of primary amides is 1. The summed E-state index contributed by atoms with van der Waals surface area (Å²) in [5.74, 6) is -5.62.